The van der Waals surface area contributed by atoms with Gasteiger partial charge in [-0.15, -0.1) is 13.2 Å². The largest absolute Gasteiger partial charge is 0.573 e. The second kappa shape index (κ2) is 12.4. The lowest BCUT2D eigenvalue weighted by Gasteiger charge is -2.44. The lowest BCUT2D eigenvalue weighted by atomic mass is 9.81. The van der Waals surface area contributed by atoms with Crippen molar-refractivity contribution < 1.29 is 35.9 Å². The molecule has 1 saturated carbocycles. The number of amides is 2. The van der Waals surface area contributed by atoms with Gasteiger partial charge in [0.15, 0.2) is 9.84 Å². The lowest BCUT2D eigenvalue weighted by molar-refractivity contribution is -0.274. The molecule has 2 fully saturated rings. The minimum Gasteiger partial charge on any atom is -0.406 e. The van der Waals surface area contributed by atoms with E-state index in [-0.39, 0.29) is 46.2 Å². The van der Waals surface area contributed by atoms with Gasteiger partial charge in [-0.3, -0.25) is 9.59 Å². The van der Waals surface area contributed by atoms with Gasteiger partial charge in [0.25, 0.3) is 5.91 Å². The summed E-state index contributed by atoms with van der Waals surface area (Å²) in [5, 5.41) is 2.64. The second-order valence-corrected chi connectivity index (χ2v) is 13.1. The Kier molecular flexibility index (Phi) is 9.32. The van der Waals surface area contributed by atoms with Crippen molar-refractivity contribution in [3.05, 3.63) is 60.2 Å². The maximum atomic E-state index is 13.5. The fourth-order valence-electron chi connectivity index (χ4n) is 5.85. The number of hydrogen-bond donors (Lipinski definition) is 1. The monoisotopic (exact) mass is 595 g/mol. The molecule has 4 rings (SSSR count). The fourth-order valence-corrected chi connectivity index (χ4v) is 7.54. The van der Waals surface area contributed by atoms with E-state index in [0.29, 0.717) is 25.8 Å². The van der Waals surface area contributed by atoms with E-state index in [1.54, 1.807) is 35.2 Å². The fraction of sp³-hybridized carbons (Fsp3) is 0.517. The summed E-state index contributed by atoms with van der Waals surface area (Å²) in [6.07, 6.45) is -2.55. The molecule has 1 heterocycles. The van der Waals surface area contributed by atoms with Crippen LogP contribution in [0.25, 0.3) is 0 Å². The predicted molar refractivity (Wildman–Crippen MR) is 147 cm³/mol. The Bertz CT molecular complexity index is 1340. The first kappa shape index (κ1) is 30.8. The normalized spacial score (nSPS) is 23.7. The Balaban J connectivity index is 1.49. The van der Waals surface area contributed by atoms with Crippen LogP contribution in [0, 0.1) is 5.92 Å². The van der Waals surface area contributed by atoms with Crippen LogP contribution in [0.3, 0.4) is 0 Å². The third-order valence-corrected chi connectivity index (χ3v) is 9.97. The molecule has 0 bridgehead atoms. The van der Waals surface area contributed by atoms with Gasteiger partial charge < -0.3 is 19.9 Å². The van der Waals surface area contributed by atoms with Gasteiger partial charge in [0.2, 0.25) is 5.91 Å². The zero-order valence-corrected chi connectivity index (χ0v) is 24.1. The van der Waals surface area contributed by atoms with E-state index in [0.717, 1.165) is 18.6 Å². The molecule has 224 valence electrons. The summed E-state index contributed by atoms with van der Waals surface area (Å²) in [6.45, 7) is 4.52. The average Bonchev–Trinajstić information content (AvgIpc) is 3.27. The van der Waals surface area contributed by atoms with Crippen LogP contribution in [0.2, 0.25) is 0 Å². The van der Waals surface area contributed by atoms with Gasteiger partial charge in [-0.1, -0.05) is 24.3 Å². The zero-order valence-electron chi connectivity index (χ0n) is 23.3. The highest BCUT2D eigenvalue weighted by atomic mass is 32.2. The van der Waals surface area contributed by atoms with Crippen molar-refractivity contribution in [2.24, 2.45) is 5.92 Å². The Morgan fingerprint density at radius 3 is 2.46 bits per heavy atom. The van der Waals surface area contributed by atoms with E-state index in [2.05, 4.69) is 28.8 Å². The van der Waals surface area contributed by atoms with Gasteiger partial charge in [0.05, 0.1) is 10.6 Å². The maximum Gasteiger partial charge on any atom is 0.573 e. The SMILES string of the molecule is CC(C)N(C)C1CCC(N2CCC(NC(=O)c3cccc(OC(F)(F)F)c3)C2=O)[C@H](CS(=O)(=O)c2ccccc2)C1. The van der Waals surface area contributed by atoms with E-state index < -0.39 is 33.9 Å². The number of halogens is 3. The van der Waals surface area contributed by atoms with Crippen molar-refractivity contribution in [2.45, 2.75) is 75.0 Å². The number of likely N-dealkylation sites (tertiary alicyclic amines) is 1. The second-order valence-electron chi connectivity index (χ2n) is 11.1. The summed E-state index contributed by atoms with van der Waals surface area (Å²) in [5.41, 5.74) is -0.0675. The van der Waals surface area contributed by atoms with Crippen molar-refractivity contribution in [2.75, 3.05) is 19.3 Å². The summed E-state index contributed by atoms with van der Waals surface area (Å²) in [6, 6.07) is 12.2. The van der Waals surface area contributed by atoms with Crippen LogP contribution >= 0.6 is 0 Å². The van der Waals surface area contributed by atoms with Crippen molar-refractivity contribution in [1.82, 2.24) is 15.1 Å². The van der Waals surface area contributed by atoms with Crippen LogP contribution in [-0.2, 0) is 14.6 Å². The highest BCUT2D eigenvalue weighted by Crippen LogP contribution is 2.36. The molecule has 2 amide bonds. The zero-order chi connectivity index (χ0) is 29.9. The Morgan fingerprint density at radius 1 is 1.10 bits per heavy atom. The number of sulfone groups is 1. The number of alkyl halides is 3. The smallest absolute Gasteiger partial charge is 0.406 e. The molecule has 1 N–H and O–H groups in total. The van der Waals surface area contributed by atoms with Gasteiger partial charge in [-0.05, 0) is 82.8 Å². The highest BCUT2D eigenvalue weighted by molar-refractivity contribution is 7.91. The number of nitrogens with one attached hydrogen (secondary N) is 1. The summed E-state index contributed by atoms with van der Waals surface area (Å²) in [4.78, 5) is 30.5. The molecular formula is C29H36F3N3O5S. The first-order valence-electron chi connectivity index (χ1n) is 13.7. The number of nitrogens with zero attached hydrogens (tertiary/aromatic N) is 2. The van der Waals surface area contributed by atoms with Crippen LogP contribution in [0.5, 0.6) is 5.75 Å². The third-order valence-electron chi connectivity index (χ3n) is 8.12. The first-order valence-corrected chi connectivity index (χ1v) is 15.4. The minimum atomic E-state index is -4.90. The molecule has 1 aliphatic heterocycles. The number of hydrogen-bond acceptors (Lipinski definition) is 6. The molecule has 0 radical (unpaired) electrons. The molecule has 3 unspecified atom stereocenters. The average molecular weight is 596 g/mol. The van der Waals surface area contributed by atoms with Gasteiger partial charge in [0, 0.05) is 30.2 Å². The first-order chi connectivity index (χ1) is 19.2. The molecule has 2 aromatic rings. The van der Waals surface area contributed by atoms with E-state index in [9.17, 15) is 31.2 Å². The van der Waals surface area contributed by atoms with Crippen molar-refractivity contribution in [1.29, 1.82) is 0 Å². The molecule has 2 aromatic carbocycles. The van der Waals surface area contributed by atoms with E-state index in [1.807, 2.05) is 7.05 Å². The number of carbonyl (C=O) groups is 2. The molecule has 0 spiro atoms. The van der Waals surface area contributed by atoms with Gasteiger partial charge in [-0.25, -0.2) is 8.42 Å². The molecule has 1 saturated heterocycles. The highest BCUT2D eigenvalue weighted by Gasteiger charge is 2.44. The van der Waals surface area contributed by atoms with E-state index in [1.165, 1.54) is 12.1 Å². The molecule has 41 heavy (non-hydrogen) atoms. The van der Waals surface area contributed by atoms with Crippen molar-refractivity contribution in [3.63, 3.8) is 0 Å². The molecule has 4 atom stereocenters. The molecule has 2 aliphatic rings. The van der Waals surface area contributed by atoms with Gasteiger partial charge >= 0.3 is 6.36 Å². The molecule has 1 aliphatic carbocycles. The van der Waals surface area contributed by atoms with Gasteiger partial charge in [0.1, 0.15) is 11.8 Å². The van der Waals surface area contributed by atoms with Crippen LogP contribution < -0.4 is 10.1 Å². The van der Waals surface area contributed by atoms with Gasteiger partial charge in [-0.2, -0.15) is 0 Å². The topological polar surface area (TPSA) is 96.0 Å². The molecule has 0 aromatic heterocycles. The Hall–Kier alpha value is -3.12. The van der Waals surface area contributed by atoms with E-state index in [4.69, 9.17) is 0 Å². The van der Waals surface area contributed by atoms with Crippen LogP contribution in [0.15, 0.2) is 59.5 Å². The minimum absolute atomic E-state index is 0.0675. The number of ether oxygens (including phenoxy) is 1. The molecular weight excluding hydrogens is 559 g/mol. The van der Waals surface area contributed by atoms with Crippen LogP contribution in [-0.4, -0.2) is 79.9 Å². The standard InChI is InChI=1S/C29H36F3N3O5S/c1-19(2)34(3)22-12-13-26(21(16-22)18-41(38,39)24-10-5-4-6-11-24)35-15-14-25(28(35)37)33-27(36)20-8-7-9-23(17-20)40-29(30,31)32/h4-11,17,19,21-22,25-26H,12-16,18H2,1-3H3,(H,33,36)/t21-,22?,25?,26?/m0/s1. The van der Waals surface area contributed by atoms with Crippen LogP contribution in [0.4, 0.5) is 13.2 Å². The summed E-state index contributed by atoms with van der Waals surface area (Å²) < 4.78 is 68.4. The predicted octanol–water partition coefficient (Wildman–Crippen LogP) is 4.27. The van der Waals surface area contributed by atoms with Crippen molar-refractivity contribution in [3.8, 4) is 5.75 Å². The lowest BCUT2D eigenvalue weighted by Crippen LogP contribution is -2.53. The quantitative estimate of drug-likeness (QED) is 0.466. The maximum absolute atomic E-state index is 13.5. The summed E-state index contributed by atoms with van der Waals surface area (Å²) >= 11 is 0. The van der Waals surface area contributed by atoms with E-state index >= 15 is 0 Å². The third kappa shape index (κ3) is 7.59. The Labute approximate surface area is 238 Å². The molecule has 12 heteroatoms. The summed E-state index contributed by atoms with van der Waals surface area (Å²) in [7, 11) is -1.59. The number of carbonyl (C=O) groups excluding carboxylic acids is 2. The summed E-state index contributed by atoms with van der Waals surface area (Å²) in [5.74, 6) is -1.95. The number of benzene rings is 2. The van der Waals surface area contributed by atoms with Crippen molar-refractivity contribution >= 4 is 21.7 Å². The molecule has 8 nitrogen and oxygen atoms in total. The Morgan fingerprint density at radius 2 is 1.80 bits per heavy atom. The number of rotatable bonds is 9. The van der Waals surface area contributed by atoms with Crippen LogP contribution in [0.1, 0.15) is 49.9 Å².